The van der Waals surface area contributed by atoms with Crippen LogP contribution in [0.3, 0.4) is 0 Å². The minimum Gasteiger partial charge on any atom is -0.356 e. The smallest absolute Gasteiger partial charge is 0.177 e. The number of anilines is 1. The highest BCUT2D eigenvalue weighted by atomic mass is 16.5. The van der Waals surface area contributed by atoms with E-state index in [1.54, 1.807) is 10.8 Å². The normalized spacial score (nSPS) is 16.0. The Morgan fingerprint density at radius 2 is 2.00 bits per heavy atom. The van der Waals surface area contributed by atoms with Gasteiger partial charge in [-0.25, -0.2) is 0 Å². The predicted molar refractivity (Wildman–Crippen MR) is 101 cm³/mol. The topological polar surface area (TPSA) is 75.6 Å². The third-order valence-corrected chi connectivity index (χ3v) is 5.41. The summed E-state index contributed by atoms with van der Waals surface area (Å²) in [7, 11) is 2.17. The van der Waals surface area contributed by atoms with Crippen LogP contribution in [0.5, 0.6) is 0 Å². The number of rotatable bonds is 4. The van der Waals surface area contributed by atoms with Gasteiger partial charge in [-0.1, -0.05) is 17.3 Å². The van der Waals surface area contributed by atoms with E-state index in [2.05, 4.69) is 43.4 Å². The Bertz CT molecular complexity index is 1060. The van der Waals surface area contributed by atoms with Crippen LogP contribution in [0, 0.1) is 0 Å². The van der Waals surface area contributed by atoms with E-state index in [9.17, 15) is 0 Å². The second-order valence-electron chi connectivity index (χ2n) is 7.08. The molecule has 0 saturated carbocycles. The summed E-state index contributed by atoms with van der Waals surface area (Å²) in [5, 5.41) is 17.9. The molecular formula is C19H21N7O. The van der Waals surface area contributed by atoms with Crippen LogP contribution in [-0.2, 0) is 6.54 Å². The Kier molecular flexibility index (Phi) is 3.97. The molecule has 0 radical (unpaired) electrons. The lowest BCUT2D eigenvalue weighted by molar-refractivity contribution is 0.196. The second-order valence-corrected chi connectivity index (χ2v) is 7.08. The molecule has 4 aromatic rings. The van der Waals surface area contributed by atoms with E-state index in [0.29, 0.717) is 6.04 Å². The molecule has 0 N–H and O–H groups in total. The number of hydrogen-bond donors (Lipinski definition) is 0. The summed E-state index contributed by atoms with van der Waals surface area (Å²) in [4.78, 5) is 4.72. The standard InChI is InChI=1S/C19H21N7O/c1-24(12-16-15-4-2-3-5-17(15)27-23-16)14-8-10-25(11-9-14)19-7-6-18-21-20-13-26(18)22-19/h2-7,13-14H,8-12H2,1H3. The maximum atomic E-state index is 5.43. The molecule has 0 spiro atoms. The number of fused-ring (bicyclic) bond motifs is 2. The van der Waals surface area contributed by atoms with Crippen molar-refractivity contribution in [2.75, 3.05) is 25.0 Å². The van der Waals surface area contributed by atoms with Gasteiger partial charge in [0.1, 0.15) is 17.8 Å². The lowest BCUT2D eigenvalue weighted by Gasteiger charge is -2.37. The predicted octanol–water partition coefficient (Wildman–Crippen LogP) is 2.37. The van der Waals surface area contributed by atoms with Gasteiger partial charge >= 0.3 is 0 Å². The summed E-state index contributed by atoms with van der Waals surface area (Å²) >= 11 is 0. The van der Waals surface area contributed by atoms with Gasteiger partial charge in [0, 0.05) is 31.1 Å². The van der Waals surface area contributed by atoms with Gasteiger partial charge < -0.3 is 9.42 Å². The van der Waals surface area contributed by atoms with Gasteiger partial charge in [0.2, 0.25) is 0 Å². The van der Waals surface area contributed by atoms with Gasteiger partial charge in [0.25, 0.3) is 0 Å². The Hall–Kier alpha value is -3.00. The average molecular weight is 363 g/mol. The Balaban J connectivity index is 1.24. The van der Waals surface area contributed by atoms with Gasteiger partial charge in [0.05, 0.1) is 0 Å². The highest BCUT2D eigenvalue weighted by Gasteiger charge is 2.24. The van der Waals surface area contributed by atoms with Crippen LogP contribution < -0.4 is 4.90 Å². The van der Waals surface area contributed by atoms with Crippen LogP contribution in [-0.4, -0.2) is 56.0 Å². The molecule has 138 valence electrons. The highest BCUT2D eigenvalue weighted by molar-refractivity contribution is 5.79. The third kappa shape index (κ3) is 3.02. The van der Waals surface area contributed by atoms with Crippen molar-refractivity contribution in [2.45, 2.75) is 25.4 Å². The van der Waals surface area contributed by atoms with Crippen LogP contribution >= 0.6 is 0 Å². The molecule has 5 rings (SSSR count). The van der Waals surface area contributed by atoms with E-state index in [4.69, 9.17) is 4.52 Å². The summed E-state index contributed by atoms with van der Waals surface area (Å²) < 4.78 is 7.16. The molecule has 8 nitrogen and oxygen atoms in total. The summed E-state index contributed by atoms with van der Waals surface area (Å²) in [6.07, 6.45) is 3.82. The Morgan fingerprint density at radius 1 is 1.15 bits per heavy atom. The molecule has 1 aliphatic heterocycles. The van der Waals surface area contributed by atoms with Crippen LogP contribution in [0.2, 0.25) is 0 Å². The van der Waals surface area contributed by atoms with Crippen molar-refractivity contribution in [3.8, 4) is 0 Å². The molecule has 1 aromatic carbocycles. The molecule has 0 amide bonds. The first-order valence-corrected chi connectivity index (χ1v) is 9.23. The number of aromatic nitrogens is 5. The van der Waals surface area contributed by atoms with Crippen molar-refractivity contribution in [3.05, 3.63) is 48.4 Å². The first-order chi connectivity index (χ1) is 13.3. The van der Waals surface area contributed by atoms with Crippen LogP contribution in [0.1, 0.15) is 18.5 Å². The van der Waals surface area contributed by atoms with E-state index in [1.807, 2.05) is 30.3 Å². The lowest BCUT2D eigenvalue weighted by atomic mass is 10.0. The van der Waals surface area contributed by atoms with E-state index in [-0.39, 0.29) is 0 Å². The summed E-state index contributed by atoms with van der Waals surface area (Å²) in [6, 6.07) is 12.5. The zero-order chi connectivity index (χ0) is 18.2. The molecule has 1 fully saturated rings. The van der Waals surface area contributed by atoms with Crippen molar-refractivity contribution in [2.24, 2.45) is 0 Å². The maximum Gasteiger partial charge on any atom is 0.177 e. The zero-order valence-electron chi connectivity index (χ0n) is 15.2. The third-order valence-electron chi connectivity index (χ3n) is 5.41. The van der Waals surface area contributed by atoms with Crippen molar-refractivity contribution in [1.29, 1.82) is 0 Å². The van der Waals surface area contributed by atoms with E-state index < -0.39 is 0 Å². The fourth-order valence-electron chi connectivity index (χ4n) is 3.84. The van der Waals surface area contributed by atoms with E-state index >= 15 is 0 Å². The lowest BCUT2D eigenvalue weighted by Crippen LogP contribution is -2.43. The Morgan fingerprint density at radius 3 is 2.89 bits per heavy atom. The number of nitrogens with zero attached hydrogens (tertiary/aromatic N) is 7. The molecule has 4 heterocycles. The molecule has 0 aliphatic carbocycles. The van der Waals surface area contributed by atoms with Gasteiger partial charge in [-0.15, -0.1) is 15.3 Å². The largest absolute Gasteiger partial charge is 0.356 e. The average Bonchev–Trinajstić information content (AvgIpc) is 3.35. The zero-order valence-corrected chi connectivity index (χ0v) is 15.2. The van der Waals surface area contributed by atoms with Crippen molar-refractivity contribution in [1.82, 2.24) is 29.9 Å². The highest BCUT2D eigenvalue weighted by Crippen LogP contribution is 2.24. The molecule has 1 aliphatic rings. The molecule has 3 aromatic heterocycles. The van der Waals surface area contributed by atoms with Crippen molar-refractivity contribution < 1.29 is 4.52 Å². The number of benzene rings is 1. The molecule has 27 heavy (non-hydrogen) atoms. The van der Waals surface area contributed by atoms with Gasteiger partial charge in [-0.2, -0.15) is 4.52 Å². The number of hydrogen-bond acceptors (Lipinski definition) is 7. The van der Waals surface area contributed by atoms with Crippen LogP contribution in [0.25, 0.3) is 16.6 Å². The van der Waals surface area contributed by atoms with Crippen LogP contribution in [0.15, 0.2) is 47.2 Å². The summed E-state index contributed by atoms with van der Waals surface area (Å²) in [6.45, 7) is 2.76. The minimum atomic E-state index is 0.523. The molecule has 0 atom stereocenters. The van der Waals surface area contributed by atoms with Crippen molar-refractivity contribution in [3.63, 3.8) is 0 Å². The summed E-state index contributed by atoms with van der Waals surface area (Å²) in [5.74, 6) is 0.978. The first kappa shape index (κ1) is 16.2. The fourth-order valence-corrected chi connectivity index (χ4v) is 3.84. The van der Waals surface area contributed by atoms with E-state index in [0.717, 1.165) is 60.6 Å². The first-order valence-electron chi connectivity index (χ1n) is 9.23. The Labute approximate surface area is 156 Å². The molecular weight excluding hydrogens is 342 g/mol. The molecule has 1 saturated heterocycles. The van der Waals surface area contributed by atoms with Crippen molar-refractivity contribution >= 4 is 22.4 Å². The molecule has 0 bridgehead atoms. The SMILES string of the molecule is CN(Cc1noc2ccccc12)C1CCN(c2ccc3nncn3n2)CC1. The number of para-hydroxylation sites is 1. The second kappa shape index (κ2) is 6.62. The van der Waals surface area contributed by atoms with Gasteiger partial charge in [0.15, 0.2) is 11.2 Å². The summed E-state index contributed by atoms with van der Waals surface area (Å²) in [5.41, 5.74) is 2.63. The molecule has 8 heteroatoms. The number of piperidine rings is 1. The maximum absolute atomic E-state index is 5.43. The molecule has 0 unspecified atom stereocenters. The van der Waals surface area contributed by atoms with E-state index in [1.165, 1.54) is 0 Å². The van der Waals surface area contributed by atoms with Gasteiger partial charge in [-0.05, 0) is 44.2 Å². The quantitative estimate of drug-likeness (QED) is 0.551. The van der Waals surface area contributed by atoms with Gasteiger partial charge in [-0.3, -0.25) is 4.90 Å². The van der Waals surface area contributed by atoms with Crippen LogP contribution in [0.4, 0.5) is 5.82 Å². The monoisotopic (exact) mass is 363 g/mol. The minimum absolute atomic E-state index is 0.523. The fraction of sp³-hybridized carbons (Fsp3) is 0.368.